The average Bonchev–Trinajstić information content (AvgIpc) is 3.98. The molecule has 0 aliphatic rings. The van der Waals surface area contributed by atoms with Gasteiger partial charge in [0, 0.05) is 78.8 Å². The van der Waals surface area contributed by atoms with Crippen molar-refractivity contribution in [3.63, 3.8) is 0 Å². The van der Waals surface area contributed by atoms with Gasteiger partial charge in [0.05, 0.1) is 22.4 Å². The summed E-state index contributed by atoms with van der Waals surface area (Å²) < 4.78 is 5.21. The van der Waals surface area contributed by atoms with E-state index < -0.39 is 0 Å². The minimum absolute atomic E-state index is 0.758. The first kappa shape index (κ1) is 40.4. The lowest BCUT2D eigenvalue weighted by Crippen LogP contribution is -1.96. The fourth-order valence-corrected chi connectivity index (χ4v) is 12.5. The molecule has 0 atom stereocenters. The Labute approximate surface area is 410 Å². The van der Waals surface area contributed by atoms with Gasteiger partial charge in [-0.05, 0) is 75.5 Å². The Balaban J connectivity index is 0.000000132. The number of benzene rings is 11. The molecule has 4 aromatic heterocycles. The van der Waals surface area contributed by atoms with Gasteiger partial charge in [-0.1, -0.05) is 182 Å². The zero-order valence-electron chi connectivity index (χ0n) is 37.5. The molecule has 0 aliphatic carbocycles. The summed E-state index contributed by atoms with van der Waals surface area (Å²) in [6.07, 6.45) is 0. The van der Waals surface area contributed by atoms with Gasteiger partial charge in [-0.2, -0.15) is 0 Å². The Morgan fingerprint density at radius 2 is 0.729 bits per heavy atom. The quantitative estimate of drug-likeness (QED) is 0.165. The number of para-hydroxylation sites is 1. The van der Waals surface area contributed by atoms with Crippen molar-refractivity contribution in [2.24, 2.45) is 0 Å². The van der Waals surface area contributed by atoms with Crippen LogP contribution in [0.3, 0.4) is 0 Å². The van der Waals surface area contributed by atoms with Gasteiger partial charge < -0.3 is 0 Å². The molecule has 0 saturated carbocycles. The number of nitrogens with zero attached hydrogens (tertiary/aromatic N) is 4. The SMILES string of the molecule is c1ccc(-c2nc(-c3cccc4cc5c(cc34)sc3ccccc35)nc3c2ccc2ccccc23)cc1.c1ccc(-c2nc(-c3cccc4cc5c(cc34)sc3ccccc35)nc3ccccc23)cc1. The molecule has 0 spiro atoms. The minimum atomic E-state index is 0.758. The lowest BCUT2D eigenvalue weighted by atomic mass is 9.99. The van der Waals surface area contributed by atoms with Crippen molar-refractivity contribution in [3.05, 3.63) is 231 Å². The van der Waals surface area contributed by atoms with Crippen LogP contribution in [0.5, 0.6) is 0 Å². The molecular weight excluding hydrogens is 889 g/mol. The normalized spacial score (nSPS) is 11.7. The molecule has 0 amide bonds. The molecule has 326 valence electrons. The number of hydrogen-bond donors (Lipinski definition) is 0. The van der Waals surface area contributed by atoms with Gasteiger partial charge in [0.2, 0.25) is 0 Å². The van der Waals surface area contributed by atoms with E-state index in [4.69, 9.17) is 19.9 Å². The van der Waals surface area contributed by atoms with E-state index >= 15 is 0 Å². The molecule has 0 N–H and O–H groups in total. The molecule has 15 aromatic rings. The van der Waals surface area contributed by atoms with Crippen molar-refractivity contribution in [2.45, 2.75) is 0 Å². The fourth-order valence-electron chi connectivity index (χ4n) is 10.2. The molecule has 4 heterocycles. The van der Waals surface area contributed by atoms with Gasteiger partial charge in [0.1, 0.15) is 0 Å². The van der Waals surface area contributed by atoms with Crippen molar-refractivity contribution in [1.82, 2.24) is 19.9 Å². The second-order valence-electron chi connectivity index (χ2n) is 17.7. The lowest BCUT2D eigenvalue weighted by molar-refractivity contribution is 1.23. The van der Waals surface area contributed by atoms with E-state index in [2.05, 4.69) is 206 Å². The third kappa shape index (κ3) is 6.79. The van der Waals surface area contributed by atoms with Gasteiger partial charge in [0.25, 0.3) is 0 Å². The Morgan fingerprint density at radius 3 is 1.33 bits per heavy atom. The molecule has 6 heteroatoms. The zero-order valence-corrected chi connectivity index (χ0v) is 39.2. The Kier molecular flexibility index (Phi) is 9.54. The predicted molar refractivity (Wildman–Crippen MR) is 299 cm³/mol. The highest BCUT2D eigenvalue weighted by Crippen LogP contribution is 2.42. The average molecular weight is 927 g/mol. The lowest BCUT2D eigenvalue weighted by Gasteiger charge is -2.13. The highest BCUT2D eigenvalue weighted by atomic mass is 32.1. The van der Waals surface area contributed by atoms with E-state index in [1.807, 2.05) is 46.9 Å². The number of fused-ring (bicyclic) bond motifs is 12. The molecule has 0 fully saturated rings. The third-order valence-corrected chi connectivity index (χ3v) is 15.8. The van der Waals surface area contributed by atoms with Crippen LogP contribution in [0.25, 0.3) is 140 Å². The molecule has 0 aliphatic heterocycles. The molecular formula is C64H38N4S2. The van der Waals surface area contributed by atoms with Gasteiger partial charge >= 0.3 is 0 Å². The van der Waals surface area contributed by atoms with Crippen LogP contribution in [0, 0.1) is 0 Å². The standard InChI is InChI=1S/C34H20N2S.C30H18N2S/c1-2-10-22(11-3-1)32-27-18-17-21-9-4-5-13-24(21)33(27)36-34(35-32)26-15-8-12-23-19-29-25-14-6-7-16-30(25)37-31(29)20-28(23)26;1-2-9-19(10-3-1)29-23-13-4-6-15-26(23)31-30(32-29)22-14-8-11-20-17-25-21-12-5-7-16-27(21)33-28(25)18-24(20)22/h1-20H;1-18H. The molecule has 70 heavy (non-hydrogen) atoms. The number of thiophene rings is 2. The molecule has 15 rings (SSSR count). The topological polar surface area (TPSA) is 51.6 Å². The minimum Gasteiger partial charge on any atom is -0.228 e. The van der Waals surface area contributed by atoms with Gasteiger partial charge in [-0.15, -0.1) is 22.7 Å². The summed E-state index contributed by atoms with van der Waals surface area (Å²) in [5.41, 5.74) is 8.20. The van der Waals surface area contributed by atoms with E-state index in [0.29, 0.717) is 0 Å². The summed E-state index contributed by atoms with van der Waals surface area (Å²) in [4.78, 5) is 20.5. The highest BCUT2D eigenvalue weighted by molar-refractivity contribution is 7.26. The van der Waals surface area contributed by atoms with Crippen molar-refractivity contribution >= 4 is 117 Å². The van der Waals surface area contributed by atoms with Crippen molar-refractivity contribution < 1.29 is 0 Å². The maximum Gasteiger partial charge on any atom is 0.161 e. The van der Waals surface area contributed by atoms with E-state index in [1.165, 1.54) is 67.3 Å². The second-order valence-corrected chi connectivity index (χ2v) is 19.8. The maximum absolute atomic E-state index is 5.23. The van der Waals surface area contributed by atoms with E-state index in [1.54, 1.807) is 0 Å². The van der Waals surface area contributed by atoms with E-state index in [0.717, 1.165) is 72.5 Å². The van der Waals surface area contributed by atoms with E-state index in [-0.39, 0.29) is 0 Å². The first-order valence-electron chi connectivity index (χ1n) is 23.4. The summed E-state index contributed by atoms with van der Waals surface area (Å²) >= 11 is 3.69. The van der Waals surface area contributed by atoms with Crippen molar-refractivity contribution in [3.8, 4) is 45.3 Å². The number of aromatic nitrogens is 4. The first-order valence-corrected chi connectivity index (χ1v) is 25.1. The summed E-state index contributed by atoms with van der Waals surface area (Å²) in [5.74, 6) is 1.52. The third-order valence-electron chi connectivity index (χ3n) is 13.5. The number of rotatable bonds is 4. The van der Waals surface area contributed by atoms with Crippen LogP contribution in [0.4, 0.5) is 0 Å². The highest BCUT2D eigenvalue weighted by Gasteiger charge is 2.18. The molecule has 0 unspecified atom stereocenters. The molecule has 0 saturated heterocycles. The van der Waals surface area contributed by atoms with E-state index in [9.17, 15) is 0 Å². The summed E-state index contributed by atoms with van der Waals surface area (Å²) in [6, 6.07) is 81.3. The van der Waals surface area contributed by atoms with Gasteiger partial charge in [0.15, 0.2) is 11.6 Å². The summed E-state index contributed by atoms with van der Waals surface area (Å²) in [6.45, 7) is 0. The van der Waals surface area contributed by atoms with Crippen LogP contribution >= 0.6 is 22.7 Å². The van der Waals surface area contributed by atoms with Crippen LogP contribution in [-0.4, -0.2) is 19.9 Å². The molecule has 4 nitrogen and oxygen atoms in total. The predicted octanol–water partition coefficient (Wildman–Crippen LogP) is 18.1. The van der Waals surface area contributed by atoms with Crippen LogP contribution in [0.1, 0.15) is 0 Å². The fraction of sp³-hybridized carbons (Fsp3) is 0. The molecule has 0 radical (unpaired) electrons. The summed E-state index contributed by atoms with van der Waals surface area (Å²) in [7, 11) is 0. The Morgan fingerprint density at radius 1 is 0.257 bits per heavy atom. The second kappa shape index (κ2) is 16.5. The van der Waals surface area contributed by atoms with Gasteiger partial charge in [-0.3, -0.25) is 0 Å². The van der Waals surface area contributed by atoms with Crippen LogP contribution in [0.2, 0.25) is 0 Å². The largest absolute Gasteiger partial charge is 0.228 e. The zero-order chi connectivity index (χ0) is 46.1. The van der Waals surface area contributed by atoms with Crippen LogP contribution < -0.4 is 0 Å². The monoisotopic (exact) mass is 926 g/mol. The van der Waals surface area contributed by atoms with Crippen molar-refractivity contribution in [2.75, 3.05) is 0 Å². The Hall–Kier alpha value is -8.68. The number of hydrogen-bond acceptors (Lipinski definition) is 6. The summed E-state index contributed by atoms with van der Waals surface area (Å²) in [5, 5.41) is 14.5. The Bertz CT molecular complexity index is 4540. The molecule has 11 aromatic carbocycles. The first-order chi connectivity index (χ1) is 34.7. The maximum atomic E-state index is 5.23. The molecule has 0 bridgehead atoms. The van der Waals surface area contributed by atoms with Crippen LogP contribution in [-0.2, 0) is 0 Å². The van der Waals surface area contributed by atoms with Gasteiger partial charge in [-0.25, -0.2) is 19.9 Å². The van der Waals surface area contributed by atoms with Crippen molar-refractivity contribution in [1.29, 1.82) is 0 Å². The van der Waals surface area contributed by atoms with Crippen LogP contribution in [0.15, 0.2) is 231 Å². The smallest absolute Gasteiger partial charge is 0.161 e.